The molecule has 0 aliphatic heterocycles. The van der Waals surface area contributed by atoms with Gasteiger partial charge in [-0.25, -0.2) is 4.98 Å². The van der Waals surface area contributed by atoms with E-state index < -0.39 is 0 Å². The normalized spacial score (nSPS) is 12.5. The minimum Gasteiger partial charge on any atom is -0.375 e. The molecule has 1 unspecified atom stereocenters. The zero-order valence-corrected chi connectivity index (χ0v) is 11.7. The van der Waals surface area contributed by atoms with Crippen molar-refractivity contribution in [1.29, 1.82) is 0 Å². The summed E-state index contributed by atoms with van der Waals surface area (Å²) < 4.78 is 2.73. The van der Waals surface area contributed by atoms with Crippen LogP contribution >= 0.6 is 15.9 Å². The van der Waals surface area contributed by atoms with E-state index in [4.69, 9.17) is 0 Å². The van der Waals surface area contributed by atoms with Crippen molar-refractivity contribution >= 4 is 21.6 Å². The number of pyridine rings is 1. The number of aromatic nitrogens is 3. The Morgan fingerprint density at radius 3 is 2.71 bits per heavy atom. The van der Waals surface area contributed by atoms with Crippen LogP contribution in [0.25, 0.3) is 0 Å². The summed E-state index contributed by atoms with van der Waals surface area (Å²) in [6, 6.07) is 6.17. The highest BCUT2D eigenvalue weighted by Gasteiger charge is 2.10. The summed E-state index contributed by atoms with van der Waals surface area (Å²) in [5, 5.41) is 7.61. The fourth-order valence-electron chi connectivity index (χ4n) is 1.80. The lowest BCUT2D eigenvalue weighted by molar-refractivity contribution is 0.675. The molecule has 90 valence electrons. The first-order chi connectivity index (χ1) is 8.08. The number of aryl methyl sites for hydroxylation is 2. The molecule has 2 heterocycles. The molecular weight excluding hydrogens is 280 g/mol. The van der Waals surface area contributed by atoms with E-state index in [1.165, 1.54) is 0 Å². The second-order valence-electron chi connectivity index (χ2n) is 4.01. The Morgan fingerprint density at radius 2 is 2.12 bits per heavy atom. The summed E-state index contributed by atoms with van der Waals surface area (Å²) in [5.41, 5.74) is 3.17. The van der Waals surface area contributed by atoms with Crippen molar-refractivity contribution in [1.82, 2.24) is 14.8 Å². The quantitative estimate of drug-likeness (QED) is 0.885. The fraction of sp³-hybridized carbons (Fsp3) is 0.333. The fourth-order valence-corrected chi connectivity index (χ4v) is 2.20. The highest BCUT2D eigenvalue weighted by Crippen LogP contribution is 2.22. The molecule has 1 atom stereocenters. The highest BCUT2D eigenvalue weighted by molar-refractivity contribution is 9.10. The topological polar surface area (TPSA) is 42.7 Å². The van der Waals surface area contributed by atoms with Gasteiger partial charge in [-0.2, -0.15) is 5.10 Å². The molecule has 5 heteroatoms. The van der Waals surface area contributed by atoms with E-state index in [1.807, 2.05) is 36.9 Å². The van der Waals surface area contributed by atoms with Gasteiger partial charge in [0.15, 0.2) is 0 Å². The lowest BCUT2D eigenvalue weighted by Crippen LogP contribution is -2.12. The molecule has 2 rings (SSSR count). The van der Waals surface area contributed by atoms with Crippen molar-refractivity contribution in [2.75, 3.05) is 5.32 Å². The molecule has 0 amide bonds. The van der Waals surface area contributed by atoms with Crippen LogP contribution in [0.4, 0.5) is 5.69 Å². The molecule has 2 aromatic rings. The molecule has 0 saturated carbocycles. The van der Waals surface area contributed by atoms with Gasteiger partial charge in [0.25, 0.3) is 0 Å². The lowest BCUT2D eigenvalue weighted by Gasteiger charge is -2.16. The summed E-state index contributed by atoms with van der Waals surface area (Å²) in [4.78, 5) is 4.36. The van der Waals surface area contributed by atoms with E-state index in [0.717, 1.165) is 21.7 Å². The first-order valence-electron chi connectivity index (χ1n) is 5.45. The Kier molecular flexibility index (Phi) is 3.47. The molecule has 0 radical (unpaired) electrons. The van der Waals surface area contributed by atoms with Crippen LogP contribution in [0.1, 0.15) is 24.4 Å². The van der Waals surface area contributed by atoms with Gasteiger partial charge in [0.05, 0.1) is 23.1 Å². The summed E-state index contributed by atoms with van der Waals surface area (Å²) in [6.45, 7) is 4.10. The van der Waals surface area contributed by atoms with Crippen molar-refractivity contribution in [2.24, 2.45) is 7.05 Å². The van der Waals surface area contributed by atoms with Crippen LogP contribution in [0.3, 0.4) is 0 Å². The van der Waals surface area contributed by atoms with Gasteiger partial charge in [-0.3, -0.25) is 4.68 Å². The second-order valence-corrected chi connectivity index (χ2v) is 4.83. The Bertz CT molecular complexity index is 521. The van der Waals surface area contributed by atoms with E-state index in [0.29, 0.717) is 0 Å². The molecule has 0 spiro atoms. The van der Waals surface area contributed by atoms with Gasteiger partial charge in [0.2, 0.25) is 0 Å². The molecule has 0 bridgehead atoms. The Hall–Kier alpha value is -1.36. The monoisotopic (exact) mass is 294 g/mol. The molecule has 0 aromatic carbocycles. The Balaban J connectivity index is 2.19. The first kappa shape index (κ1) is 12.1. The molecule has 0 saturated heterocycles. The molecule has 17 heavy (non-hydrogen) atoms. The van der Waals surface area contributed by atoms with E-state index in [1.54, 1.807) is 6.20 Å². The summed E-state index contributed by atoms with van der Waals surface area (Å²) >= 11 is 3.36. The number of anilines is 1. The maximum absolute atomic E-state index is 4.36. The highest BCUT2D eigenvalue weighted by atomic mass is 79.9. The van der Waals surface area contributed by atoms with Gasteiger partial charge in [0.1, 0.15) is 4.60 Å². The van der Waals surface area contributed by atoms with Gasteiger partial charge in [-0.05, 0) is 48.0 Å². The predicted octanol–water partition coefficient (Wildman–Crippen LogP) is 3.06. The third kappa shape index (κ3) is 2.66. The average Bonchev–Trinajstić information content (AvgIpc) is 2.68. The number of hydrogen-bond acceptors (Lipinski definition) is 3. The SMILES string of the molecule is Cc1nc(Br)ccc1NC(C)c1ccnn1C. The van der Waals surface area contributed by atoms with E-state index in [2.05, 4.69) is 38.3 Å². The largest absolute Gasteiger partial charge is 0.375 e. The molecule has 2 aromatic heterocycles. The van der Waals surface area contributed by atoms with Crippen LogP contribution in [0.2, 0.25) is 0 Å². The zero-order valence-electron chi connectivity index (χ0n) is 10.1. The van der Waals surface area contributed by atoms with Crippen molar-refractivity contribution in [3.63, 3.8) is 0 Å². The summed E-state index contributed by atoms with van der Waals surface area (Å²) in [5.74, 6) is 0. The van der Waals surface area contributed by atoms with E-state index >= 15 is 0 Å². The van der Waals surface area contributed by atoms with Gasteiger partial charge >= 0.3 is 0 Å². The predicted molar refractivity (Wildman–Crippen MR) is 71.9 cm³/mol. The zero-order chi connectivity index (χ0) is 12.4. The number of rotatable bonds is 3. The standard InChI is InChI=1S/C12H15BrN4/c1-8-10(4-5-12(13)16-8)15-9(2)11-6-7-14-17(11)3/h4-7,9,15H,1-3H3. The van der Waals surface area contributed by atoms with Crippen LogP contribution in [0.15, 0.2) is 29.0 Å². The van der Waals surface area contributed by atoms with Crippen LogP contribution in [0, 0.1) is 6.92 Å². The second kappa shape index (κ2) is 4.87. The molecule has 4 nitrogen and oxygen atoms in total. The number of hydrogen-bond donors (Lipinski definition) is 1. The van der Waals surface area contributed by atoms with Gasteiger partial charge in [-0.1, -0.05) is 0 Å². The molecule has 0 aliphatic rings. The number of halogens is 1. The van der Waals surface area contributed by atoms with E-state index in [9.17, 15) is 0 Å². The third-order valence-corrected chi connectivity index (χ3v) is 3.17. The van der Waals surface area contributed by atoms with Crippen LogP contribution in [-0.4, -0.2) is 14.8 Å². The number of nitrogens with zero attached hydrogens (tertiary/aromatic N) is 3. The minimum absolute atomic E-state index is 0.198. The maximum atomic E-state index is 4.36. The third-order valence-electron chi connectivity index (χ3n) is 2.73. The molecular formula is C12H15BrN4. The summed E-state index contributed by atoms with van der Waals surface area (Å²) in [6.07, 6.45) is 1.81. The first-order valence-corrected chi connectivity index (χ1v) is 6.25. The van der Waals surface area contributed by atoms with Crippen molar-refractivity contribution < 1.29 is 0 Å². The lowest BCUT2D eigenvalue weighted by atomic mass is 10.2. The van der Waals surface area contributed by atoms with Gasteiger partial charge < -0.3 is 5.32 Å². The van der Waals surface area contributed by atoms with E-state index in [-0.39, 0.29) is 6.04 Å². The van der Waals surface area contributed by atoms with Gasteiger partial charge in [0, 0.05) is 13.2 Å². The van der Waals surface area contributed by atoms with Crippen LogP contribution < -0.4 is 5.32 Å². The molecule has 0 aliphatic carbocycles. The summed E-state index contributed by atoms with van der Waals surface area (Å²) in [7, 11) is 1.94. The van der Waals surface area contributed by atoms with Crippen LogP contribution in [-0.2, 0) is 7.05 Å². The average molecular weight is 295 g/mol. The Morgan fingerprint density at radius 1 is 1.35 bits per heavy atom. The van der Waals surface area contributed by atoms with Gasteiger partial charge in [-0.15, -0.1) is 0 Å². The molecule has 0 fully saturated rings. The smallest absolute Gasteiger partial charge is 0.106 e. The van der Waals surface area contributed by atoms with Crippen molar-refractivity contribution in [3.05, 3.63) is 40.4 Å². The van der Waals surface area contributed by atoms with Crippen LogP contribution in [0.5, 0.6) is 0 Å². The van der Waals surface area contributed by atoms with Crippen molar-refractivity contribution in [3.8, 4) is 0 Å². The Labute approximate surface area is 109 Å². The molecule has 1 N–H and O–H groups in total. The number of nitrogens with one attached hydrogen (secondary N) is 1. The van der Waals surface area contributed by atoms with Crippen molar-refractivity contribution in [2.45, 2.75) is 19.9 Å². The maximum Gasteiger partial charge on any atom is 0.106 e. The minimum atomic E-state index is 0.198.